The van der Waals surface area contributed by atoms with E-state index in [9.17, 15) is 26.7 Å². The summed E-state index contributed by atoms with van der Waals surface area (Å²) in [7, 11) is 2.97. The Balaban J connectivity index is 0.000000480. The molecule has 0 amide bonds. The molecule has 1 saturated heterocycles. The first-order chi connectivity index (χ1) is 12.8. The molecule has 12 heteroatoms. The van der Waals surface area contributed by atoms with E-state index in [0.717, 1.165) is 0 Å². The predicted octanol–water partition coefficient (Wildman–Crippen LogP) is 2.63. The molecule has 158 valence electrons. The van der Waals surface area contributed by atoms with Crippen molar-refractivity contribution in [3.8, 4) is 11.5 Å². The fourth-order valence-electron chi connectivity index (χ4n) is 2.49. The van der Waals surface area contributed by atoms with Crippen LogP contribution in [0.4, 0.5) is 22.0 Å². The Hall–Kier alpha value is -2.63. The second-order valence-corrected chi connectivity index (χ2v) is 5.80. The Morgan fingerprint density at radius 1 is 1.21 bits per heavy atom. The number of aliphatic carboxylic acids is 2. The number of hydrogen-bond donors (Lipinski definition) is 2. The number of rotatable bonds is 5. The molecule has 1 fully saturated rings. The number of ether oxygens (including phenoxy) is 2. The van der Waals surface area contributed by atoms with Crippen molar-refractivity contribution >= 4 is 11.9 Å². The van der Waals surface area contributed by atoms with Crippen molar-refractivity contribution in [1.82, 2.24) is 4.90 Å². The van der Waals surface area contributed by atoms with Crippen LogP contribution in [0.5, 0.6) is 11.5 Å². The molecule has 28 heavy (non-hydrogen) atoms. The van der Waals surface area contributed by atoms with E-state index < -0.39 is 43.0 Å². The molecule has 0 aromatic heterocycles. The average Bonchev–Trinajstić information content (AvgIpc) is 2.89. The van der Waals surface area contributed by atoms with E-state index in [4.69, 9.17) is 24.5 Å². The maximum atomic E-state index is 13.5. The van der Waals surface area contributed by atoms with E-state index in [-0.39, 0.29) is 6.54 Å². The van der Waals surface area contributed by atoms with E-state index in [2.05, 4.69) is 0 Å². The quantitative estimate of drug-likeness (QED) is 0.714. The van der Waals surface area contributed by atoms with Crippen LogP contribution in [-0.4, -0.2) is 66.0 Å². The summed E-state index contributed by atoms with van der Waals surface area (Å²) in [5, 5.41) is 16.2. The Morgan fingerprint density at radius 3 is 2.21 bits per heavy atom. The van der Waals surface area contributed by atoms with Gasteiger partial charge in [0.2, 0.25) is 0 Å². The van der Waals surface area contributed by atoms with Crippen molar-refractivity contribution in [2.45, 2.75) is 31.1 Å². The van der Waals surface area contributed by atoms with E-state index in [1.54, 1.807) is 18.2 Å². The standard InChI is InChI=1S/C14H17F2NO4.C2HF3O2/c1-20-10-4-3-9(12(5-10)21-2)7-17-8-14(15,16)6-11(17)13(18)19;3-2(4,5)1(6)7/h3-5,11H,6-8H2,1-2H3,(H,18,19);(H,6,7)/t11-;/m1./s1. The molecule has 2 N–H and O–H groups in total. The van der Waals surface area contributed by atoms with Crippen molar-refractivity contribution in [3.63, 3.8) is 0 Å². The Kier molecular flexibility index (Phi) is 7.56. The molecule has 1 aliphatic rings. The van der Waals surface area contributed by atoms with Gasteiger partial charge in [0.1, 0.15) is 17.5 Å². The minimum atomic E-state index is -5.08. The third kappa shape index (κ3) is 6.51. The van der Waals surface area contributed by atoms with Gasteiger partial charge in [-0.25, -0.2) is 13.6 Å². The molecule has 7 nitrogen and oxygen atoms in total. The third-order valence-electron chi connectivity index (χ3n) is 3.76. The van der Waals surface area contributed by atoms with Gasteiger partial charge >= 0.3 is 18.1 Å². The molecule has 1 aromatic rings. The van der Waals surface area contributed by atoms with Crippen molar-refractivity contribution in [2.75, 3.05) is 20.8 Å². The largest absolute Gasteiger partial charge is 0.497 e. The second-order valence-electron chi connectivity index (χ2n) is 5.80. The van der Waals surface area contributed by atoms with Crippen molar-refractivity contribution in [1.29, 1.82) is 0 Å². The Labute approximate surface area is 156 Å². The van der Waals surface area contributed by atoms with E-state index >= 15 is 0 Å². The second kappa shape index (κ2) is 9.04. The summed E-state index contributed by atoms with van der Waals surface area (Å²) in [4.78, 5) is 21.3. The van der Waals surface area contributed by atoms with Gasteiger partial charge in [0.15, 0.2) is 0 Å². The molecule has 1 aromatic carbocycles. The van der Waals surface area contributed by atoms with Crippen LogP contribution in [0.3, 0.4) is 0 Å². The summed E-state index contributed by atoms with van der Waals surface area (Å²) in [5.41, 5.74) is 0.641. The fraction of sp³-hybridized carbons (Fsp3) is 0.500. The van der Waals surface area contributed by atoms with Gasteiger partial charge in [-0.15, -0.1) is 0 Å². The van der Waals surface area contributed by atoms with Crippen LogP contribution in [0.25, 0.3) is 0 Å². The maximum absolute atomic E-state index is 13.5. The van der Waals surface area contributed by atoms with E-state index in [1.807, 2.05) is 0 Å². The number of hydrogen-bond acceptors (Lipinski definition) is 5. The zero-order chi connectivity index (χ0) is 21.7. The lowest BCUT2D eigenvalue weighted by molar-refractivity contribution is -0.192. The molecule has 0 radical (unpaired) electrons. The SMILES string of the molecule is COc1ccc(CN2CC(F)(F)C[C@@H]2C(=O)O)c(OC)c1.O=C(O)C(F)(F)F. The zero-order valence-electron chi connectivity index (χ0n) is 14.8. The van der Waals surface area contributed by atoms with Crippen molar-refractivity contribution in [2.24, 2.45) is 0 Å². The highest BCUT2D eigenvalue weighted by Gasteiger charge is 2.48. The Morgan fingerprint density at radius 2 is 1.79 bits per heavy atom. The first-order valence-corrected chi connectivity index (χ1v) is 7.66. The number of carbonyl (C=O) groups is 2. The summed E-state index contributed by atoms with van der Waals surface area (Å²) < 4.78 is 68.9. The summed E-state index contributed by atoms with van der Waals surface area (Å²) in [6.07, 6.45) is -5.75. The number of methoxy groups -OCH3 is 2. The molecule has 1 atom stereocenters. The highest BCUT2D eigenvalue weighted by atomic mass is 19.4. The molecule has 0 unspecified atom stereocenters. The van der Waals surface area contributed by atoms with Gasteiger partial charge < -0.3 is 19.7 Å². The number of nitrogens with zero attached hydrogens (tertiary/aromatic N) is 1. The van der Waals surface area contributed by atoms with Crippen LogP contribution in [0.1, 0.15) is 12.0 Å². The van der Waals surface area contributed by atoms with Crippen LogP contribution in [0.2, 0.25) is 0 Å². The van der Waals surface area contributed by atoms with E-state index in [1.165, 1.54) is 19.1 Å². The molecule has 2 rings (SSSR count). The first-order valence-electron chi connectivity index (χ1n) is 7.66. The normalized spacial score (nSPS) is 18.8. The van der Waals surface area contributed by atoms with Crippen LogP contribution in [-0.2, 0) is 16.1 Å². The predicted molar refractivity (Wildman–Crippen MR) is 84.6 cm³/mol. The molecule has 0 spiro atoms. The summed E-state index contributed by atoms with van der Waals surface area (Å²) >= 11 is 0. The first kappa shape index (κ1) is 23.4. The van der Waals surface area contributed by atoms with Gasteiger partial charge in [-0.2, -0.15) is 13.2 Å². The number of carboxylic acid groups (broad SMARTS) is 2. The van der Waals surface area contributed by atoms with Gasteiger partial charge in [0.25, 0.3) is 5.92 Å². The lowest BCUT2D eigenvalue weighted by atomic mass is 10.1. The maximum Gasteiger partial charge on any atom is 0.490 e. The van der Waals surface area contributed by atoms with Gasteiger partial charge in [0, 0.05) is 24.6 Å². The summed E-state index contributed by atoms with van der Waals surface area (Å²) in [6, 6.07) is 3.82. The van der Waals surface area contributed by atoms with Crippen LogP contribution in [0, 0.1) is 0 Å². The van der Waals surface area contributed by atoms with Crippen LogP contribution < -0.4 is 9.47 Å². The molecular weight excluding hydrogens is 397 g/mol. The highest BCUT2D eigenvalue weighted by Crippen LogP contribution is 2.35. The van der Waals surface area contributed by atoms with E-state index in [0.29, 0.717) is 17.1 Å². The summed E-state index contributed by atoms with van der Waals surface area (Å²) in [6.45, 7) is -0.487. The highest BCUT2D eigenvalue weighted by molar-refractivity contribution is 5.74. The molecule has 0 bridgehead atoms. The third-order valence-corrected chi connectivity index (χ3v) is 3.76. The number of alkyl halides is 5. The number of carboxylic acids is 2. The molecule has 0 aliphatic carbocycles. The Bertz CT molecular complexity index is 709. The minimum Gasteiger partial charge on any atom is -0.497 e. The number of halogens is 5. The van der Waals surface area contributed by atoms with Gasteiger partial charge in [-0.1, -0.05) is 6.07 Å². The molecular formula is C16H18F5NO6. The average molecular weight is 415 g/mol. The van der Waals surface area contributed by atoms with Crippen molar-refractivity contribution in [3.05, 3.63) is 23.8 Å². The van der Waals surface area contributed by atoms with Crippen LogP contribution >= 0.6 is 0 Å². The van der Waals surface area contributed by atoms with Gasteiger partial charge in [-0.3, -0.25) is 9.69 Å². The lowest BCUT2D eigenvalue weighted by Gasteiger charge is -2.21. The number of benzene rings is 1. The smallest absolute Gasteiger partial charge is 0.490 e. The zero-order valence-corrected chi connectivity index (χ0v) is 14.8. The van der Waals surface area contributed by atoms with Crippen molar-refractivity contribution < 1.29 is 51.2 Å². The number of likely N-dealkylation sites (tertiary alicyclic amines) is 1. The fourth-order valence-corrected chi connectivity index (χ4v) is 2.49. The summed E-state index contributed by atoms with van der Waals surface area (Å²) in [5.74, 6) is -5.92. The molecule has 1 heterocycles. The molecule has 1 aliphatic heterocycles. The topological polar surface area (TPSA) is 96.3 Å². The minimum absolute atomic E-state index is 0.0831. The van der Waals surface area contributed by atoms with Gasteiger partial charge in [0.05, 0.1) is 20.8 Å². The monoisotopic (exact) mass is 415 g/mol. The van der Waals surface area contributed by atoms with Crippen LogP contribution in [0.15, 0.2) is 18.2 Å². The molecule has 0 saturated carbocycles. The van der Waals surface area contributed by atoms with Gasteiger partial charge in [-0.05, 0) is 6.07 Å². The lowest BCUT2D eigenvalue weighted by Crippen LogP contribution is -2.35.